The molecule has 4 aliphatic heterocycles. The molecule has 1 unspecified atom stereocenters. The molecule has 5 aromatic carbocycles. The maximum atomic E-state index is 14.0. The lowest BCUT2D eigenvalue weighted by Crippen LogP contribution is -2.39. The SMILES string of the molecule is CC.COc1cc2c(cc1OCc1cc(COc3cc4c(cc3OC)C(=O)N3c5ccccc5C[C@H]3CN4)cc(OCCCCC(C)=O)c1)N=CC1Cc3ccccc3N1C2=O. The van der Waals surface area contributed by atoms with E-state index in [4.69, 9.17) is 28.7 Å². The van der Waals surface area contributed by atoms with Crippen molar-refractivity contribution in [3.05, 3.63) is 124 Å². The summed E-state index contributed by atoms with van der Waals surface area (Å²) in [5, 5.41) is 3.50. The number of ketones is 1. The molecular weight excluding hydrogens is 785 g/mol. The van der Waals surface area contributed by atoms with Gasteiger partial charge in [0.05, 0.1) is 55.4 Å². The minimum absolute atomic E-state index is 0.000338. The summed E-state index contributed by atoms with van der Waals surface area (Å²) in [7, 11) is 3.11. The van der Waals surface area contributed by atoms with Crippen LogP contribution in [0.3, 0.4) is 0 Å². The number of carbonyl (C=O) groups is 3. The number of Topliss-reactive ketones (excluding diaryl/α,β-unsaturated/α-hetero) is 1. The zero-order chi connectivity index (χ0) is 43.3. The van der Waals surface area contributed by atoms with Crippen molar-refractivity contribution in [1.29, 1.82) is 0 Å². The number of nitrogens with one attached hydrogen (secondary N) is 1. The van der Waals surface area contributed by atoms with Crippen molar-refractivity contribution in [1.82, 2.24) is 0 Å². The molecule has 0 saturated carbocycles. The molecule has 0 radical (unpaired) electrons. The van der Waals surface area contributed by atoms with Gasteiger partial charge in [-0.1, -0.05) is 50.2 Å². The smallest absolute Gasteiger partial charge is 0.261 e. The Bertz CT molecular complexity index is 2540. The van der Waals surface area contributed by atoms with Gasteiger partial charge in [0.25, 0.3) is 11.8 Å². The topological polar surface area (TPSA) is 128 Å². The van der Waals surface area contributed by atoms with Crippen LogP contribution < -0.4 is 38.8 Å². The second-order valence-electron chi connectivity index (χ2n) is 15.5. The molecule has 0 aliphatic carbocycles. The highest BCUT2D eigenvalue weighted by atomic mass is 16.5. The average Bonchev–Trinajstić information content (AvgIpc) is 3.78. The van der Waals surface area contributed by atoms with Gasteiger partial charge in [-0.3, -0.25) is 19.5 Å². The number of methoxy groups -OCH3 is 2. The van der Waals surface area contributed by atoms with Gasteiger partial charge in [-0.15, -0.1) is 0 Å². The third kappa shape index (κ3) is 8.41. The predicted molar refractivity (Wildman–Crippen MR) is 241 cm³/mol. The second-order valence-corrected chi connectivity index (χ2v) is 15.5. The molecule has 12 heteroatoms. The summed E-state index contributed by atoms with van der Waals surface area (Å²) >= 11 is 0. The van der Waals surface area contributed by atoms with Gasteiger partial charge < -0.3 is 38.7 Å². The maximum Gasteiger partial charge on any atom is 0.261 e. The van der Waals surface area contributed by atoms with E-state index in [1.165, 1.54) is 0 Å². The molecule has 0 spiro atoms. The van der Waals surface area contributed by atoms with Crippen molar-refractivity contribution in [2.75, 3.05) is 42.5 Å². The van der Waals surface area contributed by atoms with E-state index in [0.717, 1.165) is 52.9 Å². The molecule has 2 amide bonds. The first-order valence-corrected chi connectivity index (χ1v) is 21.3. The van der Waals surface area contributed by atoms with E-state index in [0.29, 0.717) is 77.2 Å². The number of fused-ring (bicyclic) bond motifs is 8. The zero-order valence-corrected chi connectivity index (χ0v) is 35.9. The fourth-order valence-corrected chi connectivity index (χ4v) is 8.57. The quantitative estimate of drug-likeness (QED) is 0.109. The molecule has 2 atom stereocenters. The fourth-order valence-electron chi connectivity index (χ4n) is 8.57. The number of unbranched alkanes of at least 4 members (excludes halogenated alkanes) is 1. The molecule has 320 valence electrons. The van der Waals surface area contributed by atoms with Crippen molar-refractivity contribution in [2.24, 2.45) is 4.99 Å². The number of amides is 2. The minimum atomic E-state index is -0.177. The van der Waals surface area contributed by atoms with Crippen molar-refractivity contribution in [3.8, 4) is 28.7 Å². The van der Waals surface area contributed by atoms with Gasteiger partial charge in [0.1, 0.15) is 24.7 Å². The van der Waals surface area contributed by atoms with Crippen LogP contribution in [-0.4, -0.2) is 63.3 Å². The molecule has 9 rings (SSSR count). The van der Waals surface area contributed by atoms with Crippen LogP contribution in [0.25, 0.3) is 0 Å². The Hall–Kier alpha value is -6.82. The number of rotatable bonds is 14. The standard InChI is InChI=1S/C48H46N4O8.C2H6/c1-29(53)10-8-9-15-58-36-17-30(27-59-45-23-39-37(21-43(45)56-2)47(54)51-34(25-49-39)19-32-11-4-6-13-41(32)51)16-31(18-36)28-60-46-24-40-38(22-44(46)57-3)48(55)52-35(26-50-40)20-33-12-5-7-14-42(33)52;1-2/h4-7,11-14,16-18,21-25,34-35,50H,8-10,15,19-20,26-28H2,1-3H3;1-2H3/t34?,35-;/m0./s1. The lowest BCUT2D eigenvalue weighted by molar-refractivity contribution is -0.117. The molecule has 4 aliphatic rings. The van der Waals surface area contributed by atoms with E-state index in [1.807, 2.05) is 91.7 Å². The van der Waals surface area contributed by atoms with E-state index in [1.54, 1.807) is 44.2 Å². The van der Waals surface area contributed by atoms with Gasteiger partial charge in [-0.2, -0.15) is 0 Å². The number of carbonyl (C=O) groups excluding carboxylic acids is 3. The highest BCUT2D eigenvalue weighted by Crippen LogP contribution is 2.43. The van der Waals surface area contributed by atoms with Crippen LogP contribution in [0.15, 0.2) is 96.0 Å². The highest BCUT2D eigenvalue weighted by molar-refractivity contribution is 6.15. The first-order valence-electron chi connectivity index (χ1n) is 21.3. The van der Waals surface area contributed by atoms with E-state index < -0.39 is 0 Å². The summed E-state index contributed by atoms with van der Waals surface area (Å²) in [5.74, 6) is 2.35. The molecule has 0 aromatic heterocycles. The molecule has 4 heterocycles. The maximum absolute atomic E-state index is 14.0. The van der Waals surface area contributed by atoms with Crippen LogP contribution in [0, 0.1) is 0 Å². The van der Waals surface area contributed by atoms with Crippen LogP contribution in [0.4, 0.5) is 22.7 Å². The minimum Gasteiger partial charge on any atom is -0.494 e. The summed E-state index contributed by atoms with van der Waals surface area (Å²) < 4.78 is 30.6. The Labute approximate surface area is 362 Å². The summed E-state index contributed by atoms with van der Waals surface area (Å²) in [5.41, 5.74) is 7.89. The Morgan fingerprint density at radius 1 is 0.710 bits per heavy atom. The Morgan fingerprint density at radius 2 is 1.32 bits per heavy atom. The molecule has 62 heavy (non-hydrogen) atoms. The van der Waals surface area contributed by atoms with E-state index in [-0.39, 0.29) is 42.9 Å². The number of ether oxygens (including phenoxy) is 5. The summed E-state index contributed by atoms with van der Waals surface area (Å²) in [6.07, 6.45) is 5.29. The summed E-state index contributed by atoms with van der Waals surface area (Å²) in [6, 6.07) is 28.7. The molecule has 0 saturated heterocycles. The van der Waals surface area contributed by atoms with E-state index in [2.05, 4.69) is 11.4 Å². The normalized spacial score (nSPS) is 16.5. The zero-order valence-electron chi connectivity index (χ0n) is 35.9. The Morgan fingerprint density at radius 3 is 2.00 bits per heavy atom. The van der Waals surface area contributed by atoms with Crippen LogP contribution in [0.5, 0.6) is 28.7 Å². The highest BCUT2D eigenvalue weighted by Gasteiger charge is 2.38. The van der Waals surface area contributed by atoms with Crippen molar-refractivity contribution in [2.45, 2.75) is 78.2 Å². The Kier molecular flexibility index (Phi) is 12.5. The van der Waals surface area contributed by atoms with Gasteiger partial charge in [-0.05, 0) is 90.9 Å². The molecule has 0 bridgehead atoms. The second kappa shape index (κ2) is 18.4. The third-order valence-corrected chi connectivity index (χ3v) is 11.5. The average molecular weight is 837 g/mol. The van der Waals surface area contributed by atoms with Gasteiger partial charge >= 0.3 is 0 Å². The largest absolute Gasteiger partial charge is 0.494 e. The van der Waals surface area contributed by atoms with Gasteiger partial charge in [0, 0.05) is 49.1 Å². The van der Waals surface area contributed by atoms with Crippen molar-refractivity contribution in [3.63, 3.8) is 0 Å². The van der Waals surface area contributed by atoms with Crippen LogP contribution in [0.1, 0.15) is 83.0 Å². The van der Waals surface area contributed by atoms with E-state index >= 15 is 0 Å². The third-order valence-electron chi connectivity index (χ3n) is 11.5. The number of anilines is 3. The molecular formula is C50H52N4O8. The molecule has 5 aromatic rings. The number of aliphatic imine (C=N–C) groups is 1. The first-order chi connectivity index (χ1) is 30.3. The molecule has 1 N–H and O–H groups in total. The van der Waals surface area contributed by atoms with Gasteiger partial charge in [-0.25, -0.2) is 0 Å². The molecule has 0 fully saturated rings. The lowest BCUT2D eigenvalue weighted by atomic mass is 10.1. The Balaban J connectivity index is 0.00000261. The van der Waals surface area contributed by atoms with Crippen LogP contribution in [0.2, 0.25) is 0 Å². The fraction of sp³-hybridized carbons (Fsp3) is 0.320. The lowest BCUT2D eigenvalue weighted by Gasteiger charge is -2.22. The summed E-state index contributed by atoms with van der Waals surface area (Å²) in [4.78, 5) is 47.9. The van der Waals surface area contributed by atoms with Crippen LogP contribution in [-0.2, 0) is 30.8 Å². The predicted octanol–water partition coefficient (Wildman–Crippen LogP) is 9.31. The van der Waals surface area contributed by atoms with Crippen molar-refractivity contribution < 1.29 is 38.1 Å². The summed E-state index contributed by atoms with van der Waals surface area (Å²) in [6.45, 7) is 6.95. The number of hydrogen-bond acceptors (Lipinski definition) is 10. The number of benzene rings is 5. The van der Waals surface area contributed by atoms with Gasteiger partial charge in [0.15, 0.2) is 23.0 Å². The van der Waals surface area contributed by atoms with Gasteiger partial charge in [0.2, 0.25) is 0 Å². The monoisotopic (exact) mass is 836 g/mol. The molecule has 12 nitrogen and oxygen atoms in total. The number of hydrogen-bond donors (Lipinski definition) is 1. The first kappa shape index (κ1) is 41.9. The van der Waals surface area contributed by atoms with Crippen molar-refractivity contribution >= 4 is 46.6 Å². The number of nitrogens with zero attached hydrogens (tertiary/aromatic N) is 3. The number of para-hydroxylation sites is 2. The van der Waals surface area contributed by atoms with E-state index in [9.17, 15) is 14.4 Å². The van der Waals surface area contributed by atoms with Crippen LogP contribution >= 0.6 is 0 Å².